The molecular weight excluding hydrogens is 398 g/mol. The average Bonchev–Trinajstić information content (AvgIpc) is 2.76. The van der Waals surface area contributed by atoms with Crippen LogP contribution in [0.4, 0.5) is 5.82 Å². The molecule has 0 aromatic carbocycles. The zero-order valence-electron chi connectivity index (χ0n) is 13.7. The van der Waals surface area contributed by atoms with E-state index >= 15 is 0 Å². The van der Waals surface area contributed by atoms with Crippen molar-refractivity contribution in [1.29, 1.82) is 0 Å². The summed E-state index contributed by atoms with van der Waals surface area (Å²) in [6, 6.07) is 0. The molecule has 0 aliphatic carbocycles. The molecule has 0 saturated carbocycles. The van der Waals surface area contributed by atoms with E-state index in [-0.39, 0.29) is 4.59 Å². The molecule has 25 heavy (non-hydrogen) atoms. The Hall–Kier alpha value is -1.53. The summed E-state index contributed by atoms with van der Waals surface area (Å²) >= 11 is 3.51. The number of hydrogen-bond acceptors (Lipinski definition) is 7. The van der Waals surface area contributed by atoms with Gasteiger partial charge in [-0.2, -0.15) is 9.90 Å². The van der Waals surface area contributed by atoms with Crippen LogP contribution in [0.25, 0.3) is 10.4 Å². The molecule has 3 aliphatic rings. The second-order valence-corrected chi connectivity index (χ2v) is 7.75. The second-order valence-electron chi connectivity index (χ2n) is 6.88. The number of quaternary nitrogens is 1. The van der Waals surface area contributed by atoms with Crippen LogP contribution in [0.5, 0.6) is 0 Å². The van der Waals surface area contributed by atoms with Crippen LogP contribution in [0, 0.1) is 0 Å². The highest BCUT2D eigenvalue weighted by atomic mass is 79.9. The minimum Gasteiger partial charge on any atom is -0.387 e. The van der Waals surface area contributed by atoms with E-state index in [1.807, 2.05) is 18.9 Å². The third-order valence-electron chi connectivity index (χ3n) is 5.42. The highest BCUT2D eigenvalue weighted by Gasteiger charge is 2.87. The van der Waals surface area contributed by atoms with Crippen LogP contribution in [0.15, 0.2) is 16.3 Å². The topological polar surface area (TPSA) is 136 Å². The number of ether oxygens (including phenoxy) is 1. The Bertz CT molecular complexity index is 868. The van der Waals surface area contributed by atoms with Crippen molar-refractivity contribution in [3.05, 3.63) is 32.7 Å². The Labute approximate surface area is 150 Å². The van der Waals surface area contributed by atoms with E-state index in [4.69, 9.17) is 10.3 Å². The van der Waals surface area contributed by atoms with Crippen LogP contribution >= 0.6 is 15.9 Å². The van der Waals surface area contributed by atoms with Gasteiger partial charge >= 0.3 is 5.56 Å². The Kier molecular flexibility index (Phi) is 3.39. The molecule has 2 N–H and O–H groups in total. The smallest absolute Gasteiger partial charge is 0.356 e. The van der Waals surface area contributed by atoms with E-state index in [2.05, 4.69) is 31.0 Å². The summed E-state index contributed by atoms with van der Waals surface area (Å²) in [6.07, 6.45) is -2.36. The number of hydrogen-bond donors (Lipinski definition) is 2. The molecule has 1 aromatic heterocycles. The second kappa shape index (κ2) is 5.01. The molecule has 0 spiro atoms. The Morgan fingerprint density at radius 3 is 2.72 bits per heavy atom. The van der Waals surface area contributed by atoms with Gasteiger partial charge in [-0.25, -0.2) is 4.79 Å². The van der Waals surface area contributed by atoms with E-state index in [0.717, 1.165) is 11.0 Å². The lowest BCUT2D eigenvalue weighted by atomic mass is 10.1. The number of azide groups is 1. The highest BCUT2D eigenvalue weighted by molar-refractivity contribution is 9.09. The van der Waals surface area contributed by atoms with E-state index in [1.165, 1.54) is 0 Å². The van der Waals surface area contributed by atoms with E-state index < -0.39 is 40.7 Å². The summed E-state index contributed by atoms with van der Waals surface area (Å²) in [7, 11) is 0. The largest absolute Gasteiger partial charge is 0.387 e. The van der Waals surface area contributed by atoms with Crippen LogP contribution < -0.4 is 10.2 Å². The van der Waals surface area contributed by atoms with Crippen LogP contribution in [-0.2, 0) is 4.74 Å². The van der Waals surface area contributed by atoms with E-state index in [1.54, 1.807) is 6.92 Å². The SMILES string of the molecule is C[C@H]1O[C@@H]([N+]23c4ncn(N=[N+]=[N-])c(=O)c4C(Br)N2C3(C)C)[C@H](O)[C@H]1O. The minimum absolute atomic E-state index is 0.00678. The monoisotopic (exact) mass is 414 g/mol. The van der Waals surface area contributed by atoms with Crippen molar-refractivity contribution in [3.8, 4) is 0 Å². The molecule has 0 radical (unpaired) electrons. The first kappa shape index (κ1) is 16.9. The van der Waals surface area contributed by atoms with Gasteiger partial charge in [-0.3, -0.25) is 0 Å². The van der Waals surface area contributed by atoms with Gasteiger partial charge < -0.3 is 14.9 Å². The molecule has 0 bridgehead atoms. The Morgan fingerprint density at radius 2 is 2.16 bits per heavy atom. The number of aliphatic hydroxyl groups excluding tert-OH is 2. The van der Waals surface area contributed by atoms with Crippen LogP contribution in [0.3, 0.4) is 0 Å². The van der Waals surface area contributed by atoms with Gasteiger partial charge in [-0.05, 0) is 12.1 Å². The standard InChI is InChI=1S/C13H17BrN7O4/c1-5-7(22)8(23)12(25-5)21-10-6(9(14)20(21)13(21,2)3)11(24)19(4-16-10)18-17-15/h4-5,7-9,12,22-23H,1-3H3/q+1/t5-,7+,8-,9?,12-,20?,21?/m1/s1. The number of fused-ring (bicyclic) bond motifs is 3. The number of aliphatic hydroxyl groups is 2. The number of alkyl halides is 1. The fraction of sp³-hybridized carbons (Fsp3) is 0.692. The van der Waals surface area contributed by atoms with Crippen LogP contribution in [-0.4, -0.2) is 55.1 Å². The first-order valence-electron chi connectivity index (χ1n) is 7.73. The lowest BCUT2D eigenvalue weighted by molar-refractivity contribution is -0.0655. The first-order chi connectivity index (χ1) is 11.7. The maximum absolute atomic E-state index is 12.6. The molecule has 7 atom stereocenters. The van der Waals surface area contributed by atoms with Crippen LogP contribution in [0.2, 0.25) is 0 Å². The summed E-state index contributed by atoms with van der Waals surface area (Å²) in [5.74, 6) is 0.409. The number of halogens is 1. The third-order valence-corrected chi connectivity index (χ3v) is 6.27. The number of nitrogens with zero attached hydrogens (tertiary/aromatic N) is 7. The molecule has 2 saturated heterocycles. The van der Waals surface area contributed by atoms with Crippen molar-refractivity contribution in [3.63, 3.8) is 0 Å². The number of aromatic nitrogens is 2. The van der Waals surface area contributed by atoms with Crippen molar-refractivity contribution in [1.82, 2.24) is 19.3 Å². The van der Waals surface area contributed by atoms with Gasteiger partial charge in [0, 0.05) is 13.8 Å². The molecule has 12 heteroatoms. The van der Waals surface area contributed by atoms with Crippen molar-refractivity contribution in [2.45, 2.75) is 55.9 Å². The molecule has 4 rings (SSSR count). The Morgan fingerprint density at radius 1 is 1.48 bits per heavy atom. The first-order valence-corrected chi connectivity index (χ1v) is 8.64. The summed E-state index contributed by atoms with van der Waals surface area (Å²) in [5.41, 5.74) is 7.89. The average molecular weight is 415 g/mol. The van der Waals surface area contributed by atoms with Crippen molar-refractivity contribution in [2.75, 3.05) is 0 Å². The third kappa shape index (κ3) is 1.74. The van der Waals surface area contributed by atoms with Gasteiger partial charge in [-0.1, -0.05) is 20.9 Å². The minimum atomic E-state index is -1.13. The predicted molar refractivity (Wildman–Crippen MR) is 88.8 cm³/mol. The summed E-state index contributed by atoms with van der Waals surface area (Å²) in [4.78, 5) is 19.1. The number of rotatable bonds is 2. The predicted octanol–water partition coefficient (Wildman–Crippen LogP) is 0.464. The quantitative estimate of drug-likeness (QED) is 0.137. The lowest BCUT2D eigenvalue weighted by Gasteiger charge is -2.25. The molecule has 0 amide bonds. The fourth-order valence-corrected chi connectivity index (χ4v) is 5.41. The molecule has 11 nitrogen and oxygen atoms in total. The molecule has 3 unspecified atom stereocenters. The maximum Gasteiger partial charge on any atom is 0.356 e. The Balaban J connectivity index is 1.92. The zero-order chi connectivity index (χ0) is 18.3. The molecule has 3 aliphatic heterocycles. The van der Waals surface area contributed by atoms with Gasteiger partial charge in [0.05, 0.1) is 6.10 Å². The van der Waals surface area contributed by atoms with Gasteiger partial charge in [0.15, 0.2) is 22.9 Å². The molecular formula is C13H17BrN7O4+. The molecule has 134 valence electrons. The lowest BCUT2D eigenvalue weighted by Crippen LogP contribution is -2.52. The van der Waals surface area contributed by atoms with Gasteiger partial charge in [0.25, 0.3) is 5.82 Å². The highest BCUT2D eigenvalue weighted by Crippen LogP contribution is 2.67. The normalized spacial score (nSPS) is 43.3. The van der Waals surface area contributed by atoms with Crippen molar-refractivity contribution >= 4 is 21.7 Å². The fourth-order valence-electron chi connectivity index (χ4n) is 4.22. The van der Waals surface area contributed by atoms with Crippen molar-refractivity contribution < 1.29 is 14.9 Å². The molecule has 4 heterocycles. The van der Waals surface area contributed by atoms with Crippen LogP contribution in [0.1, 0.15) is 31.3 Å². The van der Waals surface area contributed by atoms with E-state index in [9.17, 15) is 15.0 Å². The van der Waals surface area contributed by atoms with Crippen molar-refractivity contribution in [2.24, 2.45) is 5.22 Å². The molecule has 2 fully saturated rings. The van der Waals surface area contributed by atoms with Gasteiger partial charge in [-0.15, -0.1) is 14.8 Å². The van der Waals surface area contributed by atoms with E-state index in [0.29, 0.717) is 11.4 Å². The summed E-state index contributed by atoms with van der Waals surface area (Å²) in [5, 5.41) is 25.9. The molecule has 1 aromatic rings. The summed E-state index contributed by atoms with van der Waals surface area (Å²) in [6.45, 7) is 5.56. The van der Waals surface area contributed by atoms with Gasteiger partial charge in [0.2, 0.25) is 11.9 Å². The maximum atomic E-state index is 12.6. The summed E-state index contributed by atoms with van der Waals surface area (Å²) < 4.78 is 6.67. The zero-order valence-corrected chi connectivity index (χ0v) is 15.3. The van der Waals surface area contributed by atoms with Gasteiger partial charge in [0.1, 0.15) is 6.10 Å².